The summed E-state index contributed by atoms with van der Waals surface area (Å²) in [7, 11) is 0. The summed E-state index contributed by atoms with van der Waals surface area (Å²) in [5.74, 6) is 0.0710. The van der Waals surface area contributed by atoms with Crippen molar-refractivity contribution in [1.29, 1.82) is 0 Å². The van der Waals surface area contributed by atoms with Gasteiger partial charge in [0.15, 0.2) is 0 Å². The predicted octanol–water partition coefficient (Wildman–Crippen LogP) is 3.45. The van der Waals surface area contributed by atoms with Crippen LogP contribution in [0.2, 0.25) is 0 Å². The lowest BCUT2D eigenvalue weighted by molar-refractivity contribution is 0.0945. The summed E-state index contributed by atoms with van der Waals surface area (Å²) in [6.45, 7) is 10.7. The fourth-order valence-electron chi connectivity index (χ4n) is 2.95. The second kappa shape index (κ2) is 6.61. The molecule has 1 heterocycles. The molecule has 0 bridgehead atoms. The number of nitrogens with one attached hydrogen (secondary N) is 2. The Morgan fingerprint density at radius 3 is 2.76 bits per heavy atom. The third-order valence-corrected chi connectivity index (χ3v) is 4.68. The van der Waals surface area contributed by atoms with Crippen molar-refractivity contribution >= 4 is 5.91 Å². The normalized spacial score (nSPS) is 16.3. The lowest BCUT2D eigenvalue weighted by Crippen LogP contribution is -2.36. The van der Waals surface area contributed by atoms with E-state index in [0.29, 0.717) is 0 Å². The van der Waals surface area contributed by atoms with Gasteiger partial charge >= 0.3 is 0 Å². The van der Waals surface area contributed by atoms with E-state index in [1.165, 1.54) is 11.1 Å². The molecule has 21 heavy (non-hydrogen) atoms. The number of benzene rings is 1. The van der Waals surface area contributed by atoms with Crippen molar-refractivity contribution in [1.82, 2.24) is 10.6 Å². The maximum Gasteiger partial charge on any atom is 0.251 e. The van der Waals surface area contributed by atoms with Gasteiger partial charge in [0.05, 0.1) is 0 Å². The number of hydrogen-bond donors (Lipinski definition) is 2. The van der Waals surface area contributed by atoms with E-state index in [-0.39, 0.29) is 17.4 Å². The highest BCUT2D eigenvalue weighted by Crippen LogP contribution is 2.37. The lowest BCUT2D eigenvalue weighted by atomic mass is 9.77. The molecular weight excluding hydrogens is 260 g/mol. The van der Waals surface area contributed by atoms with Crippen LogP contribution < -0.4 is 10.6 Å². The van der Waals surface area contributed by atoms with Crippen LogP contribution in [-0.2, 0) is 6.42 Å². The minimum absolute atomic E-state index is 0.0710. The number of carbonyl (C=O) groups is 1. The molecule has 1 aliphatic rings. The number of amides is 1. The first-order valence-electron chi connectivity index (χ1n) is 8.14. The highest BCUT2D eigenvalue weighted by Gasteiger charge is 2.29. The van der Waals surface area contributed by atoms with Crippen LogP contribution in [0.15, 0.2) is 18.2 Å². The largest absolute Gasteiger partial charge is 0.352 e. The van der Waals surface area contributed by atoms with E-state index < -0.39 is 0 Å². The molecule has 0 radical (unpaired) electrons. The average molecular weight is 288 g/mol. The molecule has 1 amide bonds. The van der Waals surface area contributed by atoms with E-state index in [4.69, 9.17) is 0 Å². The predicted molar refractivity (Wildman–Crippen MR) is 87.6 cm³/mol. The fourth-order valence-corrected chi connectivity index (χ4v) is 2.95. The molecule has 0 saturated carbocycles. The number of carbonyl (C=O) groups excluding carboxylic acids is 1. The van der Waals surface area contributed by atoms with Crippen molar-refractivity contribution < 1.29 is 4.79 Å². The molecule has 1 aromatic carbocycles. The van der Waals surface area contributed by atoms with Gasteiger partial charge < -0.3 is 10.6 Å². The zero-order valence-electron chi connectivity index (χ0n) is 13.8. The first kappa shape index (κ1) is 16.0. The number of fused-ring (bicyclic) bond motifs is 1. The summed E-state index contributed by atoms with van der Waals surface area (Å²) >= 11 is 0. The maximum absolute atomic E-state index is 12.1. The van der Waals surface area contributed by atoms with Crippen LogP contribution in [0.3, 0.4) is 0 Å². The number of rotatable bonds is 6. The molecule has 1 atom stereocenters. The van der Waals surface area contributed by atoms with Gasteiger partial charge in [0, 0.05) is 18.2 Å². The molecule has 0 saturated heterocycles. The van der Waals surface area contributed by atoms with E-state index >= 15 is 0 Å². The topological polar surface area (TPSA) is 41.1 Å². The van der Waals surface area contributed by atoms with Crippen molar-refractivity contribution in [2.24, 2.45) is 5.41 Å². The van der Waals surface area contributed by atoms with Crippen LogP contribution in [0, 0.1) is 5.41 Å². The third kappa shape index (κ3) is 3.46. The Bertz CT molecular complexity index is 508. The molecule has 3 heteroatoms. The van der Waals surface area contributed by atoms with Crippen molar-refractivity contribution in [2.75, 3.05) is 13.1 Å². The molecule has 0 fully saturated rings. The molecule has 1 aliphatic heterocycles. The summed E-state index contributed by atoms with van der Waals surface area (Å²) in [5, 5.41) is 6.61. The standard InChI is InChI=1S/C18H28N2O/c1-5-10-19-16(18(3,4)6-2)14-8-7-13-9-11-20-17(21)15(13)12-14/h7-8,12,16,19H,5-6,9-11H2,1-4H3,(H,20,21). The minimum Gasteiger partial charge on any atom is -0.352 e. The van der Waals surface area contributed by atoms with E-state index in [9.17, 15) is 4.79 Å². The van der Waals surface area contributed by atoms with Gasteiger partial charge in [0.1, 0.15) is 0 Å². The zero-order valence-corrected chi connectivity index (χ0v) is 13.8. The summed E-state index contributed by atoms with van der Waals surface area (Å²) in [5.41, 5.74) is 3.42. The van der Waals surface area contributed by atoms with Crippen LogP contribution in [0.1, 0.15) is 68.1 Å². The summed E-state index contributed by atoms with van der Waals surface area (Å²) in [4.78, 5) is 12.1. The molecule has 1 unspecified atom stereocenters. The first-order chi connectivity index (χ1) is 9.99. The first-order valence-corrected chi connectivity index (χ1v) is 8.14. The Balaban J connectivity index is 2.36. The molecule has 3 nitrogen and oxygen atoms in total. The molecule has 2 rings (SSSR count). The zero-order chi connectivity index (χ0) is 15.5. The molecule has 0 aliphatic carbocycles. The molecule has 0 spiro atoms. The molecular formula is C18H28N2O. The Kier molecular flexibility index (Phi) is 5.04. The second-order valence-corrected chi connectivity index (χ2v) is 6.65. The van der Waals surface area contributed by atoms with E-state index in [1.807, 2.05) is 0 Å². The van der Waals surface area contributed by atoms with Crippen LogP contribution in [0.4, 0.5) is 0 Å². The highest BCUT2D eigenvalue weighted by atomic mass is 16.1. The summed E-state index contributed by atoms with van der Waals surface area (Å²) < 4.78 is 0. The van der Waals surface area contributed by atoms with Crippen LogP contribution in [0.5, 0.6) is 0 Å². The van der Waals surface area contributed by atoms with Gasteiger partial charge in [0.2, 0.25) is 0 Å². The van der Waals surface area contributed by atoms with Crippen LogP contribution >= 0.6 is 0 Å². The quantitative estimate of drug-likeness (QED) is 0.842. The molecule has 116 valence electrons. The Morgan fingerprint density at radius 2 is 2.10 bits per heavy atom. The van der Waals surface area contributed by atoms with E-state index in [1.54, 1.807) is 0 Å². The van der Waals surface area contributed by atoms with Gasteiger partial charge in [-0.15, -0.1) is 0 Å². The Hall–Kier alpha value is -1.35. The van der Waals surface area contributed by atoms with Gasteiger partial charge in [-0.2, -0.15) is 0 Å². The fraction of sp³-hybridized carbons (Fsp3) is 0.611. The van der Waals surface area contributed by atoms with Gasteiger partial charge in [-0.1, -0.05) is 39.8 Å². The summed E-state index contributed by atoms with van der Waals surface area (Å²) in [6.07, 6.45) is 3.14. The average Bonchev–Trinajstić information content (AvgIpc) is 2.48. The van der Waals surface area contributed by atoms with E-state index in [0.717, 1.165) is 37.9 Å². The molecule has 1 aromatic rings. The Morgan fingerprint density at radius 1 is 1.33 bits per heavy atom. The van der Waals surface area contributed by atoms with E-state index in [2.05, 4.69) is 56.5 Å². The second-order valence-electron chi connectivity index (χ2n) is 6.65. The van der Waals surface area contributed by atoms with Gasteiger partial charge in [-0.3, -0.25) is 4.79 Å². The monoisotopic (exact) mass is 288 g/mol. The smallest absolute Gasteiger partial charge is 0.251 e. The van der Waals surface area contributed by atoms with Gasteiger partial charge in [-0.25, -0.2) is 0 Å². The highest BCUT2D eigenvalue weighted by molar-refractivity contribution is 5.96. The Labute approximate surface area is 128 Å². The minimum atomic E-state index is 0.0710. The van der Waals surface area contributed by atoms with Crippen molar-refractivity contribution in [3.63, 3.8) is 0 Å². The van der Waals surface area contributed by atoms with Crippen molar-refractivity contribution in [3.8, 4) is 0 Å². The lowest BCUT2D eigenvalue weighted by Gasteiger charge is -2.35. The molecule has 0 aromatic heterocycles. The number of hydrogen-bond acceptors (Lipinski definition) is 2. The maximum atomic E-state index is 12.1. The SMILES string of the molecule is CCCNC(c1ccc2c(c1)C(=O)NCC2)C(C)(C)CC. The third-order valence-electron chi connectivity index (χ3n) is 4.68. The van der Waals surface area contributed by atoms with Gasteiger partial charge in [0.25, 0.3) is 5.91 Å². The molecule has 2 N–H and O–H groups in total. The van der Waals surface area contributed by atoms with Crippen molar-refractivity contribution in [3.05, 3.63) is 34.9 Å². The van der Waals surface area contributed by atoms with Crippen molar-refractivity contribution in [2.45, 2.75) is 53.0 Å². The van der Waals surface area contributed by atoms with Crippen LogP contribution in [0.25, 0.3) is 0 Å². The van der Waals surface area contributed by atoms with Gasteiger partial charge in [-0.05, 0) is 48.4 Å². The summed E-state index contributed by atoms with van der Waals surface area (Å²) in [6, 6.07) is 6.70. The van der Waals surface area contributed by atoms with Crippen LogP contribution in [-0.4, -0.2) is 19.0 Å².